The van der Waals surface area contributed by atoms with E-state index >= 15 is 0 Å². The number of likely N-dealkylation sites (N-methyl/N-ethyl adjacent to an activating group) is 1. The summed E-state index contributed by atoms with van der Waals surface area (Å²) in [6, 6.07) is 14.6. The van der Waals surface area contributed by atoms with Crippen LogP contribution in [0.25, 0.3) is 22.3 Å². The highest BCUT2D eigenvalue weighted by atomic mass is 19.1. The number of hydrogen-bond donors (Lipinski definition) is 2. The average molecular weight is 376 g/mol. The zero-order valence-corrected chi connectivity index (χ0v) is 15.8. The third-order valence-electron chi connectivity index (χ3n) is 4.55. The van der Waals surface area contributed by atoms with E-state index in [2.05, 4.69) is 68.7 Å². The Morgan fingerprint density at radius 3 is 2.46 bits per heavy atom. The van der Waals surface area contributed by atoms with Crippen LogP contribution in [-0.2, 0) is 6.42 Å². The molecule has 28 heavy (non-hydrogen) atoms. The second-order valence-electron chi connectivity index (χ2n) is 6.90. The maximum atomic E-state index is 13.2. The van der Waals surface area contributed by atoms with Crippen LogP contribution in [0.4, 0.5) is 15.9 Å². The number of aromatic nitrogens is 4. The lowest BCUT2D eigenvalue weighted by Crippen LogP contribution is -2.14. The topological polar surface area (TPSA) is 69.7 Å². The van der Waals surface area contributed by atoms with E-state index in [9.17, 15) is 4.39 Å². The number of nitrogens with one attached hydrogen (secondary N) is 2. The first-order valence-electron chi connectivity index (χ1n) is 9.06. The minimum Gasteiger partial charge on any atom is -0.339 e. The maximum Gasteiger partial charge on any atom is 0.186 e. The van der Waals surface area contributed by atoms with Gasteiger partial charge in [-0.2, -0.15) is 5.10 Å². The molecular weight excluding hydrogens is 355 g/mol. The summed E-state index contributed by atoms with van der Waals surface area (Å²) in [5, 5.41) is 11.4. The monoisotopic (exact) mass is 376 g/mol. The SMILES string of the molecule is CN(C)CCc1ccc(-c2[nH]nc3ncnc(Nc4ccc(F)cc4)c23)cc1. The summed E-state index contributed by atoms with van der Waals surface area (Å²) in [7, 11) is 4.14. The lowest BCUT2D eigenvalue weighted by atomic mass is 10.1. The number of fused-ring (bicyclic) bond motifs is 1. The van der Waals surface area contributed by atoms with Crippen LogP contribution in [0.15, 0.2) is 54.9 Å². The summed E-state index contributed by atoms with van der Waals surface area (Å²) in [5.41, 5.74) is 4.45. The number of nitrogens with zero attached hydrogens (tertiary/aromatic N) is 4. The van der Waals surface area contributed by atoms with Crippen molar-refractivity contribution in [2.24, 2.45) is 0 Å². The van der Waals surface area contributed by atoms with Crippen LogP contribution >= 0.6 is 0 Å². The molecule has 0 unspecified atom stereocenters. The van der Waals surface area contributed by atoms with Crippen LogP contribution in [0.5, 0.6) is 0 Å². The molecule has 0 aliphatic rings. The molecule has 4 rings (SSSR count). The van der Waals surface area contributed by atoms with Gasteiger partial charge in [0.1, 0.15) is 18.0 Å². The number of rotatable bonds is 6. The van der Waals surface area contributed by atoms with Gasteiger partial charge in [0.25, 0.3) is 0 Å². The zero-order valence-electron chi connectivity index (χ0n) is 15.8. The molecule has 0 amide bonds. The summed E-state index contributed by atoms with van der Waals surface area (Å²) < 4.78 is 13.2. The van der Waals surface area contributed by atoms with Gasteiger partial charge in [0.15, 0.2) is 5.65 Å². The largest absolute Gasteiger partial charge is 0.339 e. The Kier molecular flexibility index (Phi) is 4.99. The normalized spacial score (nSPS) is 11.3. The van der Waals surface area contributed by atoms with Crippen LogP contribution in [0, 0.1) is 5.82 Å². The Bertz CT molecular complexity index is 1070. The predicted octanol–water partition coefficient (Wildman–Crippen LogP) is 4.01. The quantitative estimate of drug-likeness (QED) is 0.532. The van der Waals surface area contributed by atoms with E-state index in [1.165, 1.54) is 24.0 Å². The number of benzene rings is 2. The van der Waals surface area contributed by atoms with Crippen LogP contribution in [0.1, 0.15) is 5.56 Å². The lowest BCUT2D eigenvalue weighted by molar-refractivity contribution is 0.413. The van der Waals surface area contributed by atoms with E-state index in [4.69, 9.17) is 0 Å². The molecule has 0 saturated carbocycles. The van der Waals surface area contributed by atoms with Crippen LogP contribution in [-0.4, -0.2) is 45.7 Å². The first kappa shape index (κ1) is 18.1. The molecule has 0 fully saturated rings. The van der Waals surface area contributed by atoms with Gasteiger partial charge in [-0.15, -0.1) is 0 Å². The van der Waals surface area contributed by atoms with Crippen molar-refractivity contribution < 1.29 is 4.39 Å². The molecule has 0 bridgehead atoms. The molecule has 0 spiro atoms. The molecule has 6 nitrogen and oxygen atoms in total. The van der Waals surface area contributed by atoms with Crippen molar-refractivity contribution in [3.05, 3.63) is 66.2 Å². The van der Waals surface area contributed by atoms with Crippen molar-refractivity contribution in [3.8, 4) is 11.3 Å². The standard InChI is InChI=1S/C21H21FN6/c1-28(2)12-11-14-3-5-15(6-4-14)19-18-20(23-13-24-21(18)27-26-19)25-17-9-7-16(22)8-10-17/h3-10,13H,11-12H2,1-2H3,(H2,23,24,25,26,27). The fourth-order valence-corrected chi connectivity index (χ4v) is 3.02. The molecular formula is C21H21FN6. The highest BCUT2D eigenvalue weighted by Gasteiger charge is 2.14. The average Bonchev–Trinajstić information content (AvgIpc) is 3.14. The number of anilines is 2. The van der Waals surface area contributed by atoms with E-state index in [1.807, 2.05) is 0 Å². The van der Waals surface area contributed by atoms with E-state index in [0.29, 0.717) is 11.5 Å². The van der Waals surface area contributed by atoms with Gasteiger partial charge in [0, 0.05) is 17.8 Å². The summed E-state index contributed by atoms with van der Waals surface area (Å²) >= 11 is 0. The number of halogens is 1. The summed E-state index contributed by atoms with van der Waals surface area (Å²) in [5.74, 6) is 0.341. The molecule has 2 aromatic carbocycles. The zero-order chi connectivity index (χ0) is 19.5. The molecule has 2 aromatic heterocycles. The van der Waals surface area contributed by atoms with Crippen molar-refractivity contribution in [2.75, 3.05) is 26.0 Å². The second kappa shape index (κ2) is 7.74. The van der Waals surface area contributed by atoms with Gasteiger partial charge >= 0.3 is 0 Å². The Morgan fingerprint density at radius 2 is 1.75 bits per heavy atom. The second-order valence-corrected chi connectivity index (χ2v) is 6.90. The molecule has 142 valence electrons. The minimum atomic E-state index is -0.281. The van der Waals surface area contributed by atoms with E-state index < -0.39 is 0 Å². The fourth-order valence-electron chi connectivity index (χ4n) is 3.02. The van der Waals surface area contributed by atoms with E-state index in [0.717, 1.165) is 35.3 Å². The van der Waals surface area contributed by atoms with Crippen molar-refractivity contribution >= 4 is 22.5 Å². The number of hydrogen-bond acceptors (Lipinski definition) is 5. The van der Waals surface area contributed by atoms with Gasteiger partial charge in [-0.3, -0.25) is 5.10 Å². The van der Waals surface area contributed by atoms with Crippen LogP contribution < -0.4 is 5.32 Å². The Labute approximate surface area is 162 Å². The molecule has 0 saturated heterocycles. The summed E-state index contributed by atoms with van der Waals surface area (Å²) in [6.07, 6.45) is 2.46. The maximum absolute atomic E-state index is 13.2. The molecule has 0 radical (unpaired) electrons. The third kappa shape index (κ3) is 3.84. The molecule has 0 aliphatic heterocycles. The number of H-pyrrole nitrogens is 1. The molecule has 2 N–H and O–H groups in total. The van der Waals surface area contributed by atoms with Gasteiger partial charge < -0.3 is 10.2 Å². The molecule has 2 heterocycles. The van der Waals surface area contributed by atoms with Crippen molar-refractivity contribution in [1.29, 1.82) is 0 Å². The predicted molar refractivity (Wildman–Crippen MR) is 109 cm³/mol. The number of aromatic amines is 1. The molecule has 4 aromatic rings. The Hall–Kier alpha value is -3.32. The third-order valence-corrected chi connectivity index (χ3v) is 4.55. The van der Waals surface area contributed by atoms with E-state index in [-0.39, 0.29) is 5.82 Å². The highest BCUT2D eigenvalue weighted by molar-refractivity contribution is 5.99. The lowest BCUT2D eigenvalue weighted by Gasteiger charge is -2.10. The summed E-state index contributed by atoms with van der Waals surface area (Å²) in [6.45, 7) is 1.01. The smallest absolute Gasteiger partial charge is 0.186 e. The first-order chi connectivity index (χ1) is 13.6. The van der Waals surface area contributed by atoms with Crippen molar-refractivity contribution in [3.63, 3.8) is 0 Å². The molecule has 0 atom stereocenters. The van der Waals surface area contributed by atoms with Gasteiger partial charge in [0.05, 0.1) is 11.1 Å². The minimum absolute atomic E-state index is 0.281. The van der Waals surface area contributed by atoms with Crippen molar-refractivity contribution in [1.82, 2.24) is 25.1 Å². The van der Waals surface area contributed by atoms with Gasteiger partial charge in [-0.1, -0.05) is 24.3 Å². The first-order valence-corrected chi connectivity index (χ1v) is 9.06. The summed E-state index contributed by atoms with van der Waals surface area (Å²) in [4.78, 5) is 10.8. The van der Waals surface area contributed by atoms with Gasteiger partial charge in [-0.05, 0) is 50.3 Å². The Balaban J connectivity index is 1.67. The van der Waals surface area contributed by atoms with Gasteiger partial charge in [0.2, 0.25) is 0 Å². The molecule has 7 heteroatoms. The molecule has 0 aliphatic carbocycles. The van der Waals surface area contributed by atoms with Gasteiger partial charge in [-0.25, -0.2) is 14.4 Å². The highest BCUT2D eigenvalue weighted by Crippen LogP contribution is 2.31. The van der Waals surface area contributed by atoms with Crippen LogP contribution in [0.3, 0.4) is 0 Å². The van der Waals surface area contributed by atoms with Crippen LogP contribution in [0.2, 0.25) is 0 Å². The Morgan fingerprint density at radius 1 is 1.00 bits per heavy atom. The van der Waals surface area contributed by atoms with Crippen molar-refractivity contribution in [2.45, 2.75) is 6.42 Å². The van der Waals surface area contributed by atoms with E-state index in [1.54, 1.807) is 12.1 Å². The fraction of sp³-hybridized carbons (Fsp3) is 0.190.